The van der Waals surface area contributed by atoms with Crippen molar-refractivity contribution in [3.05, 3.63) is 151 Å². The number of benzene rings is 1. The molecule has 91 heavy (non-hydrogen) atoms. The van der Waals surface area contributed by atoms with Crippen molar-refractivity contribution in [1.29, 1.82) is 0 Å². The molecule has 23 nitrogen and oxygen atoms in total. The molecule has 1 aromatic carbocycles. The molecule has 8 N–H and O–H groups in total. The normalized spacial score (nSPS) is 29.5. The third-order valence-electron chi connectivity index (χ3n) is 19.1. The second-order valence-corrected chi connectivity index (χ2v) is 31.0. The van der Waals surface area contributed by atoms with E-state index in [1.165, 1.54) is 53.3 Å². The van der Waals surface area contributed by atoms with Gasteiger partial charge in [-0.2, -0.15) is 0 Å². The van der Waals surface area contributed by atoms with E-state index in [2.05, 4.69) is 93.4 Å². The first-order chi connectivity index (χ1) is 43.8. The highest BCUT2D eigenvalue weighted by Crippen LogP contribution is 2.55. The highest BCUT2D eigenvalue weighted by molar-refractivity contribution is 7.17. The van der Waals surface area contributed by atoms with Crippen LogP contribution >= 0.6 is 68.8 Å². The summed E-state index contributed by atoms with van der Waals surface area (Å²) in [6.07, 6.45) is 17.6. The molecule has 0 unspecified atom stereocenters. The maximum Gasteiger partial charge on any atom is 0.323 e. The third kappa shape index (κ3) is 13.1. The lowest BCUT2D eigenvalue weighted by Crippen LogP contribution is -2.50. The molecule has 0 amide bonds. The van der Waals surface area contributed by atoms with Gasteiger partial charge in [0.2, 0.25) is 0 Å². The lowest BCUT2D eigenvalue weighted by Gasteiger charge is -2.46. The van der Waals surface area contributed by atoms with E-state index in [-0.39, 0.29) is 48.5 Å². The second kappa shape index (κ2) is 25.8. The van der Waals surface area contributed by atoms with Crippen molar-refractivity contribution in [2.45, 2.75) is 189 Å². The summed E-state index contributed by atoms with van der Waals surface area (Å²) in [4.78, 5) is 24.5. The van der Waals surface area contributed by atoms with Gasteiger partial charge in [0.15, 0.2) is 0 Å². The largest absolute Gasteiger partial charge is 0.386 e. The minimum Gasteiger partial charge on any atom is -0.386 e. The molecule has 3 saturated heterocycles. The Kier molecular flexibility index (Phi) is 17.9. The molecule has 29 heteroatoms. The van der Waals surface area contributed by atoms with Gasteiger partial charge in [0.1, 0.15) is 40.9 Å². The summed E-state index contributed by atoms with van der Waals surface area (Å²) < 4.78 is 28.8. The molecule has 484 valence electrons. The van der Waals surface area contributed by atoms with E-state index in [0.29, 0.717) is 39.2 Å². The number of hydrogen-bond acceptors (Lipinski definition) is 20. The first kappa shape index (κ1) is 63.1. The van der Waals surface area contributed by atoms with Crippen molar-refractivity contribution in [2.24, 2.45) is 5.92 Å². The smallest absolute Gasteiger partial charge is 0.323 e. The van der Waals surface area contributed by atoms with Crippen LogP contribution in [0.25, 0.3) is 11.0 Å². The molecular weight excluding hydrogens is 1280 g/mol. The van der Waals surface area contributed by atoms with Crippen LogP contribution in [-0.2, 0) is 57.2 Å². The van der Waals surface area contributed by atoms with Gasteiger partial charge in [0.05, 0.1) is 104 Å². The van der Waals surface area contributed by atoms with Gasteiger partial charge in [0, 0.05) is 101 Å². The molecule has 6 aliphatic heterocycles. The predicted octanol–water partition coefficient (Wildman–Crippen LogP) is 9.91. The Balaban J connectivity index is 0.000000119. The van der Waals surface area contributed by atoms with Crippen LogP contribution in [-0.4, -0.2) is 118 Å². The lowest BCUT2D eigenvalue weighted by atomic mass is 9.79. The number of thiophene rings is 3. The van der Waals surface area contributed by atoms with Crippen molar-refractivity contribution in [1.82, 2.24) is 80.5 Å². The average molecular weight is 1360 g/mol. The van der Waals surface area contributed by atoms with Gasteiger partial charge in [-0.05, 0) is 108 Å². The SMILES string of the molecule is C[C@H]1C[C@@]2(C[C@@H](c3cn(CC4CCC4)nn3)N1)OC[C@@H](O)c1cc(Cl)sc12.C[C@H]1C[C@@]2(C[C@@H](c3cn(Cc4ccc5[nH]c(=O)[nH]c5c4)nn3)N1)OC[C@@H](O)c1cc(Cl)sc12.Cc1nccn1CCCn1cc([C@@H]2C[C@]3(C[C@H](C)N2)OC[C@@H](O)c2cc(Cl)sc23)nn1. The Morgan fingerprint density at radius 3 is 1.54 bits per heavy atom. The monoisotopic (exact) mass is 1360 g/mol. The number of fused-ring (bicyclic) bond motifs is 7. The molecule has 1 saturated carbocycles. The van der Waals surface area contributed by atoms with Crippen molar-refractivity contribution in [3.63, 3.8) is 0 Å². The van der Waals surface area contributed by atoms with Crippen LogP contribution in [0.15, 0.2) is 72.2 Å². The van der Waals surface area contributed by atoms with Crippen LogP contribution in [0, 0.1) is 12.8 Å². The van der Waals surface area contributed by atoms with E-state index >= 15 is 0 Å². The van der Waals surface area contributed by atoms with Crippen LogP contribution < -0.4 is 21.6 Å². The number of aromatic amines is 2. The van der Waals surface area contributed by atoms with Crippen molar-refractivity contribution in [3.8, 4) is 0 Å². The van der Waals surface area contributed by atoms with Gasteiger partial charge in [-0.3, -0.25) is 9.36 Å². The van der Waals surface area contributed by atoms with Gasteiger partial charge in [-0.1, -0.05) is 62.9 Å². The number of rotatable bonds is 11. The number of aryl methyl sites for hydroxylation is 3. The Labute approximate surface area is 552 Å². The minimum absolute atomic E-state index is 0.0253. The number of ether oxygens (including phenoxy) is 3. The van der Waals surface area contributed by atoms with Crippen molar-refractivity contribution in [2.75, 3.05) is 19.8 Å². The van der Waals surface area contributed by atoms with E-state index in [1.807, 2.05) is 77.5 Å². The molecule has 14 heterocycles. The highest BCUT2D eigenvalue weighted by atomic mass is 35.5. The summed E-state index contributed by atoms with van der Waals surface area (Å²) in [5, 5.41) is 68.5. The fourth-order valence-electron chi connectivity index (χ4n) is 14.7. The van der Waals surface area contributed by atoms with Crippen LogP contribution in [0.1, 0.15) is 181 Å². The molecule has 0 radical (unpaired) electrons. The zero-order valence-corrected chi connectivity index (χ0v) is 55.6. The number of aromatic nitrogens is 13. The molecule has 16 rings (SSSR count). The maximum atomic E-state index is 11.5. The quantitative estimate of drug-likeness (QED) is 0.0598. The molecular formula is C62H75Cl3N16O7S3. The lowest BCUT2D eigenvalue weighted by molar-refractivity contribution is -0.129. The van der Waals surface area contributed by atoms with E-state index in [0.717, 1.165) is 135 Å². The molecule has 8 aromatic heterocycles. The Morgan fingerprint density at radius 1 is 0.604 bits per heavy atom. The van der Waals surface area contributed by atoms with Crippen LogP contribution in [0.3, 0.4) is 0 Å². The van der Waals surface area contributed by atoms with Crippen molar-refractivity contribution < 1.29 is 29.5 Å². The maximum absolute atomic E-state index is 11.5. The first-order valence-electron chi connectivity index (χ1n) is 31.4. The number of hydrogen-bond donors (Lipinski definition) is 8. The molecule has 3 spiro atoms. The number of nitrogens with zero attached hydrogens (tertiary/aromatic N) is 11. The third-order valence-corrected chi connectivity index (χ3v) is 23.5. The summed E-state index contributed by atoms with van der Waals surface area (Å²) in [5.41, 5.74) is 6.42. The molecule has 4 fully saturated rings. The summed E-state index contributed by atoms with van der Waals surface area (Å²) in [5.74, 6) is 1.78. The topological polar surface area (TPSA) is 283 Å². The zero-order valence-electron chi connectivity index (χ0n) is 50.9. The van der Waals surface area contributed by atoms with E-state index in [1.54, 1.807) is 4.68 Å². The molecule has 9 aromatic rings. The van der Waals surface area contributed by atoms with Gasteiger partial charge in [-0.25, -0.2) is 14.5 Å². The van der Waals surface area contributed by atoms with Crippen LogP contribution in [0.4, 0.5) is 0 Å². The van der Waals surface area contributed by atoms with Gasteiger partial charge in [0.25, 0.3) is 0 Å². The van der Waals surface area contributed by atoms with Gasteiger partial charge in [-0.15, -0.1) is 49.3 Å². The van der Waals surface area contributed by atoms with Gasteiger partial charge >= 0.3 is 5.69 Å². The average Bonchev–Trinajstić information content (AvgIpc) is 1.76. The number of halogens is 3. The Morgan fingerprint density at radius 2 is 1.07 bits per heavy atom. The van der Waals surface area contributed by atoms with Crippen molar-refractivity contribution >= 4 is 79.8 Å². The fourth-order valence-corrected chi connectivity index (χ4v) is 19.1. The Hall–Kier alpha value is -5.27. The van der Waals surface area contributed by atoms with Crippen LogP contribution in [0.5, 0.6) is 0 Å². The summed E-state index contributed by atoms with van der Waals surface area (Å²) >= 11 is 23.5. The van der Waals surface area contributed by atoms with E-state index in [9.17, 15) is 20.1 Å². The number of nitrogens with one attached hydrogen (secondary N) is 5. The standard InChI is InChI=1S/C22H23ClN6O3S.C21H27ClN6O2S.C19H25ClN4O2S/c1-11-6-22(20-13(5-19(23)33-20)18(30)10-32-22)7-16(24-11)17-9-29(28-27-17)8-12-2-3-14-15(4-12)26-21(31)25-14;1-13-9-21(20-15(8-19(22)31-20)18(29)12-30-21)10-16(24-13)17-11-28(26-25-17)6-3-5-27-7-4-23-14(27)2;1-11-6-19(18-13(5-17(20)27-18)16(25)10-26-19)7-14(21-11)15-9-24(23-22-15)8-12-3-2-4-12/h2-5,9,11,16,18,24,30H,6-8,10H2,1H3,(H2,25,26,31);4,7-8,11,13,16,18,24,29H,3,5-6,9-10,12H2,1-2H3;5,9,11-12,14,16,21,25H,2-4,6-8,10H2,1H3/t11-,16-,18+,22-;13-,16-,18+,21-;11-,14-,16+,19-/m000/s1. The predicted molar refractivity (Wildman–Crippen MR) is 346 cm³/mol. The van der Waals surface area contributed by atoms with E-state index in [4.69, 9.17) is 49.0 Å². The summed E-state index contributed by atoms with van der Waals surface area (Å²) in [6.45, 7) is 12.6. The summed E-state index contributed by atoms with van der Waals surface area (Å²) in [6, 6.07) is 12.2. The Bertz CT molecular complexity index is 4090. The number of H-pyrrole nitrogens is 2. The number of imidazole rings is 2. The molecule has 1 aliphatic carbocycles. The molecule has 7 aliphatic rings. The zero-order chi connectivity index (χ0) is 62.9. The number of piperidine rings is 3. The van der Waals surface area contributed by atoms with E-state index < -0.39 is 35.1 Å². The minimum atomic E-state index is -0.647. The second-order valence-electron chi connectivity index (χ2n) is 25.9. The number of aliphatic hydroxyl groups excluding tert-OH is 3. The molecule has 12 atom stereocenters. The highest BCUT2D eigenvalue weighted by Gasteiger charge is 2.51. The van der Waals surface area contributed by atoms with Gasteiger partial charge < -0.3 is 60.0 Å². The number of aliphatic hydroxyl groups is 3. The first-order valence-corrected chi connectivity index (χ1v) is 34.9. The van der Waals surface area contributed by atoms with Crippen LogP contribution in [0.2, 0.25) is 13.0 Å². The summed E-state index contributed by atoms with van der Waals surface area (Å²) in [7, 11) is 0. The molecule has 0 bridgehead atoms. The fraction of sp³-hybridized carbons (Fsp3) is 0.548.